The summed E-state index contributed by atoms with van der Waals surface area (Å²) in [5, 5.41) is 52.9. The molecule has 0 aromatic heterocycles. The van der Waals surface area contributed by atoms with E-state index in [4.69, 9.17) is 9.47 Å². The summed E-state index contributed by atoms with van der Waals surface area (Å²) in [4.78, 5) is 0. The molecule has 1 heterocycles. The summed E-state index contributed by atoms with van der Waals surface area (Å²) in [5.41, 5.74) is 2.63. The van der Waals surface area contributed by atoms with Crippen LogP contribution in [0.2, 0.25) is 0 Å². The second-order valence-electron chi connectivity index (χ2n) is 16.6. The lowest BCUT2D eigenvalue weighted by molar-refractivity contribution is -0.331. The van der Waals surface area contributed by atoms with Crippen molar-refractivity contribution < 1.29 is 35.0 Å². The van der Waals surface area contributed by atoms with Crippen LogP contribution in [0, 0.1) is 45.3 Å². The zero-order valence-corrected chi connectivity index (χ0v) is 27.8. The molecule has 246 valence electrons. The minimum absolute atomic E-state index is 0.0270. The van der Waals surface area contributed by atoms with Gasteiger partial charge in [-0.1, -0.05) is 58.4 Å². The first-order valence-electron chi connectivity index (χ1n) is 17.0. The number of rotatable bonds is 7. The van der Waals surface area contributed by atoms with Crippen LogP contribution in [0.25, 0.3) is 0 Å². The van der Waals surface area contributed by atoms with Gasteiger partial charge in [-0.05, 0) is 117 Å². The molecule has 43 heavy (non-hydrogen) atoms. The Labute approximate surface area is 259 Å². The van der Waals surface area contributed by atoms with Crippen LogP contribution in [0.4, 0.5) is 0 Å². The quantitative estimate of drug-likeness (QED) is 0.202. The molecular formula is C36H60O7. The normalized spacial score (nSPS) is 50.7. The minimum atomic E-state index is -1.45. The van der Waals surface area contributed by atoms with Gasteiger partial charge in [-0.25, -0.2) is 0 Å². The van der Waals surface area contributed by atoms with Crippen LogP contribution in [-0.4, -0.2) is 75.1 Å². The van der Waals surface area contributed by atoms with Gasteiger partial charge in [0.25, 0.3) is 0 Å². The Bertz CT molecular complexity index is 1070. The number of aliphatic hydroxyl groups is 5. The van der Waals surface area contributed by atoms with E-state index in [1.165, 1.54) is 11.1 Å². The first-order chi connectivity index (χ1) is 20.0. The SMILES string of the molecule is C=C(CCC=C(C)C)C1CC[C@]2(C)C1[C@H](O)CC1[C@@]3(C)CC[C@H](O[C@@H]4O[C@H](CO)[C@@H](O)[C@H](O)[C@H]4O)C(C)(C)C3CC[C@]12C. The number of hydrogen-bond donors (Lipinski definition) is 5. The molecule has 4 aliphatic carbocycles. The molecule has 5 aliphatic rings. The van der Waals surface area contributed by atoms with E-state index in [1.54, 1.807) is 0 Å². The zero-order valence-electron chi connectivity index (χ0n) is 27.8. The van der Waals surface area contributed by atoms with Crippen LogP contribution < -0.4 is 0 Å². The number of fused-ring (bicyclic) bond motifs is 5. The molecule has 1 saturated heterocycles. The molecule has 14 atom stereocenters. The van der Waals surface area contributed by atoms with Crippen molar-refractivity contribution >= 4 is 0 Å². The third-order valence-electron chi connectivity index (χ3n) is 14.0. The number of ether oxygens (including phenoxy) is 2. The van der Waals surface area contributed by atoms with Crippen LogP contribution in [0.3, 0.4) is 0 Å². The van der Waals surface area contributed by atoms with Crippen molar-refractivity contribution in [3.8, 4) is 0 Å². The molecule has 5 N–H and O–H groups in total. The molecule has 0 amide bonds. The van der Waals surface area contributed by atoms with E-state index in [0.29, 0.717) is 17.8 Å². The average Bonchev–Trinajstić information content (AvgIpc) is 3.31. The Balaban J connectivity index is 1.36. The lowest BCUT2D eigenvalue weighted by Crippen LogP contribution is -2.67. The number of aliphatic hydroxyl groups excluding tert-OH is 5. The van der Waals surface area contributed by atoms with Crippen LogP contribution in [0.5, 0.6) is 0 Å². The molecule has 1 aliphatic heterocycles. The Morgan fingerprint density at radius 3 is 2.21 bits per heavy atom. The predicted octanol–water partition coefficient (Wildman–Crippen LogP) is 5.13. The Morgan fingerprint density at radius 1 is 0.884 bits per heavy atom. The van der Waals surface area contributed by atoms with E-state index in [-0.39, 0.29) is 39.8 Å². The smallest absolute Gasteiger partial charge is 0.186 e. The molecule has 7 nitrogen and oxygen atoms in total. The predicted molar refractivity (Wildman–Crippen MR) is 167 cm³/mol. The molecule has 0 spiro atoms. The highest BCUT2D eigenvalue weighted by Gasteiger charge is 2.70. The number of allylic oxidation sites excluding steroid dienone is 3. The summed E-state index contributed by atoms with van der Waals surface area (Å²) in [5.74, 6) is 1.38. The lowest BCUT2D eigenvalue weighted by atomic mass is 9.35. The topological polar surface area (TPSA) is 120 Å². The second-order valence-corrected chi connectivity index (χ2v) is 16.6. The van der Waals surface area contributed by atoms with E-state index < -0.39 is 37.3 Å². The van der Waals surface area contributed by atoms with Gasteiger partial charge in [-0.2, -0.15) is 0 Å². The van der Waals surface area contributed by atoms with Gasteiger partial charge < -0.3 is 35.0 Å². The van der Waals surface area contributed by atoms with Crippen molar-refractivity contribution in [3.63, 3.8) is 0 Å². The van der Waals surface area contributed by atoms with Crippen molar-refractivity contribution in [1.82, 2.24) is 0 Å². The maximum atomic E-state index is 12.0. The molecule has 0 radical (unpaired) electrons. The molecule has 4 saturated carbocycles. The molecule has 5 rings (SSSR count). The Hall–Kier alpha value is -0.800. The van der Waals surface area contributed by atoms with Gasteiger partial charge in [-0.3, -0.25) is 0 Å². The van der Waals surface area contributed by atoms with E-state index in [1.807, 2.05) is 0 Å². The lowest BCUT2D eigenvalue weighted by Gasteiger charge is -2.70. The van der Waals surface area contributed by atoms with E-state index >= 15 is 0 Å². The summed E-state index contributed by atoms with van der Waals surface area (Å²) < 4.78 is 12.2. The van der Waals surface area contributed by atoms with Gasteiger partial charge >= 0.3 is 0 Å². The Morgan fingerprint density at radius 2 is 1.56 bits per heavy atom. The van der Waals surface area contributed by atoms with Crippen LogP contribution in [0.15, 0.2) is 23.8 Å². The highest BCUT2D eigenvalue weighted by atomic mass is 16.7. The molecule has 0 bridgehead atoms. The van der Waals surface area contributed by atoms with E-state index in [2.05, 4.69) is 61.1 Å². The van der Waals surface area contributed by atoms with Crippen molar-refractivity contribution in [2.24, 2.45) is 45.3 Å². The molecular weight excluding hydrogens is 544 g/mol. The molecule has 0 aromatic rings. The molecule has 5 fully saturated rings. The third-order valence-corrected chi connectivity index (χ3v) is 14.0. The van der Waals surface area contributed by atoms with E-state index in [9.17, 15) is 25.5 Å². The monoisotopic (exact) mass is 604 g/mol. The summed E-state index contributed by atoms with van der Waals surface area (Å²) >= 11 is 0. The fourth-order valence-corrected chi connectivity index (χ4v) is 11.5. The molecule has 0 aromatic carbocycles. The molecule has 7 heteroatoms. The maximum absolute atomic E-state index is 12.0. The van der Waals surface area contributed by atoms with Crippen LogP contribution >= 0.6 is 0 Å². The fraction of sp³-hybridized carbons (Fsp3) is 0.889. The zero-order chi connectivity index (χ0) is 31.7. The van der Waals surface area contributed by atoms with Gasteiger partial charge in [0.15, 0.2) is 6.29 Å². The summed E-state index contributed by atoms with van der Waals surface area (Å²) in [6.45, 7) is 20.4. The average molecular weight is 605 g/mol. The maximum Gasteiger partial charge on any atom is 0.186 e. The first kappa shape index (κ1) is 33.6. The highest BCUT2D eigenvalue weighted by molar-refractivity contribution is 5.22. The highest BCUT2D eigenvalue weighted by Crippen LogP contribution is 2.75. The van der Waals surface area contributed by atoms with Crippen LogP contribution in [-0.2, 0) is 9.47 Å². The van der Waals surface area contributed by atoms with Crippen molar-refractivity contribution in [2.45, 2.75) is 149 Å². The fourth-order valence-electron chi connectivity index (χ4n) is 11.5. The first-order valence-corrected chi connectivity index (χ1v) is 17.0. The van der Waals surface area contributed by atoms with Gasteiger partial charge in [-0.15, -0.1) is 0 Å². The summed E-state index contributed by atoms with van der Waals surface area (Å²) in [6.07, 6.45) is 4.46. The second kappa shape index (κ2) is 11.8. The van der Waals surface area contributed by atoms with Crippen molar-refractivity contribution in [1.29, 1.82) is 0 Å². The largest absolute Gasteiger partial charge is 0.394 e. The van der Waals surface area contributed by atoms with E-state index in [0.717, 1.165) is 57.8 Å². The van der Waals surface area contributed by atoms with Gasteiger partial charge in [0, 0.05) is 0 Å². The van der Waals surface area contributed by atoms with Gasteiger partial charge in [0.1, 0.15) is 24.4 Å². The molecule has 4 unspecified atom stereocenters. The minimum Gasteiger partial charge on any atom is -0.394 e. The van der Waals surface area contributed by atoms with Crippen LogP contribution in [0.1, 0.15) is 106 Å². The summed E-state index contributed by atoms with van der Waals surface area (Å²) in [7, 11) is 0. The van der Waals surface area contributed by atoms with Gasteiger partial charge in [0.05, 0.1) is 18.8 Å². The van der Waals surface area contributed by atoms with Crippen molar-refractivity contribution in [3.05, 3.63) is 23.8 Å². The van der Waals surface area contributed by atoms with Crippen molar-refractivity contribution in [2.75, 3.05) is 6.61 Å². The summed E-state index contributed by atoms with van der Waals surface area (Å²) in [6, 6.07) is 0. The van der Waals surface area contributed by atoms with Gasteiger partial charge in [0.2, 0.25) is 0 Å². The Kier molecular flexibility index (Phi) is 9.19. The standard InChI is InChI=1S/C36H60O7/c1-20(2)10-9-11-21(3)22-12-16-36(8)28(22)23(38)18-26-34(6)15-14-27(33(4,5)25(34)13-17-35(26,36)7)43-32-31(41)30(40)29(39)24(19-37)42-32/h10,22-32,37-41H,3,9,11-19H2,1-2,4-8H3/t22?,23-,24-,25?,26?,27+,28?,29-,30+,31-,32+,34+,35-,36-/m1/s1. The number of hydrogen-bond acceptors (Lipinski definition) is 7. The third kappa shape index (κ3) is 5.21.